The van der Waals surface area contributed by atoms with Crippen molar-refractivity contribution in [2.75, 3.05) is 19.7 Å². The van der Waals surface area contributed by atoms with Gasteiger partial charge in [0, 0.05) is 6.07 Å². The van der Waals surface area contributed by atoms with E-state index in [0.29, 0.717) is 18.8 Å². The van der Waals surface area contributed by atoms with Gasteiger partial charge in [-0.2, -0.15) is 0 Å². The third-order valence-corrected chi connectivity index (χ3v) is 2.57. The van der Waals surface area contributed by atoms with Crippen LogP contribution in [0, 0.1) is 5.82 Å². The normalized spacial score (nSPS) is 17.5. The number of nitrogens with zero attached hydrogens (tertiary/aromatic N) is 1. The fourth-order valence-electron chi connectivity index (χ4n) is 1.75. The average molecular weight is 239 g/mol. The molecule has 0 atom stereocenters. The molecule has 1 amide bonds. The summed E-state index contributed by atoms with van der Waals surface area (Å²) in [5.74, 6) is -0.284. The molecular weight excluding hydrogens is 225 g/mol. The quantitative estimate of drug-likeness (QED) is 0.848. The third-order valence-electron chi connectivity index (χ3n) is 2.57. The van der Waals surface area contributed by atoms with Crippen molar-refractivity contribution in [3.63, 3.8) is 0 Å². The highest BCUT2D eigenvalue weighted by atomic mass is 19.1. The number of likely N-dealkylation sites (tertiary alicyclic amines) is 1. The van der Waals surface area contributed by atoms with Crippen LogP contribution in [0.3, 0.4) is 0 Å². The summed E-state index contributed by atoms with van der Waals surface area (Å²) in [6.07, 6.45) is 0. The number of carbonyl (C=O) groups excluding carboxylic acids is 1. The molecule has 1 heterocycles. The van der Waals surface area contributed by atoms with Crippen LogP contribution in [0.1, 0.15) is 6.92 Å². The maximum atomic E-state index is 12.8. The molecule has 1 aliphatic rings. The van der Waals surface area contributed by atoms with Crippen molar-refractivity contribution >= 4 is 5.91 Å². The summed E-state index contributed by atoms with van der Waals surface area (Å²) in [4.78, 5) is 13.1. The lowest BCUT2D eigenvalue weighted by molar-refractivity contribution is -0.154. The first-order valence-electron chi connectivity index (χ1n) is 5.35. The van der Waals surface area contributed by atoms with Gasteiger partial charge in [-0.05, 0) is 19.1 Å². The topological polar surface area (TPSA) is 49.8 Å². The molecule has 1 saturated heterocycles. The molecule has 5 heteroatoms. The molecule has 92 valence electrons. The fourth-order valence-corrected chi connectivity index (χ4v) is 1.75. The van der Waals surface area contributed by atoms with Gasteiger partial charge in [0.05, 0.1) is 18.7 Å². The molecule has 0 spiro atoms. The molecule has 0 unspecified atom stereocenters. The van der Waals surface area contributed by atoms with Gasteiger partial charge in [0.25, 0.3) is 5.91 Å². The fraction of sp³-hybridized carbons (Fsp3) is 0.417. The van der Waals surface area contributed by atoms with Gasteiger partial charge in [0.15, 0.2) is 6.61 Å². The van der Waals surface area contributed by atoms with Crippen LogP contribution in [0.4, 0.5) is 4.39 Å². The van der Waals surface area contributed by atoms with E-state index in [4.69, 9.17) is 4.74 Å². The number of carbonyl (C=O) groups is 1. The van der Waals surface area contributed by atoms with Gasteiger partial charge in [-0.15, -0.1) is 0 Å². The van der Waals surface area contributed by atoms with E-state index in [1.807, 2.05) is 0 Å². The molecular formula is C12H14FNO3. The zero-order chi connectivity index (χ0) is 12.5. The van der Waals surface area contributed by atoms with Gasteiger partial charge in [0.2, 0.25) is 0 Å². The molecule has 1 aliphatic heterocycles. The Morgan fingerprint density at radius 2 is 2.29 bits per heavy atom. The van der Waals surface area contributed by atoms with E-state index in [-0.39, 0.29) is 12.5 Å². The van der Waals surface area contributed by atoms with Crippen LogP contribution in [0.5, 0.6) is 5.75 Å². The van der Waals surface area contributed by atoms with Crippen molar-refractivity contribution in [2.45, 2.75) is 12.5 Å². The van der Waals surface area contributed by atoms with Gasteiger partial charge in [-0.3, -0.25) is 4.79 Å². The van der Waals surface area contributed by atoms with Gasteiger partial charge in [-0.25, -0.2) is 4.39 Å². The molecule has 1 aromatic carbocycles. The lowest BCUT2D eigenvalue weighted by atomic mass is 9.97. The molecule has 0 bridgehead atoms. The van der Waals surface area contributed by atoms with Gasteiger partial charge >= 0.3 is 0 Å². The minimum atomic E-state index is -0.783. The third kappa shape index (κ3) is 2.94. The van der Waals surface area contributed by atoms with E-state index >= 15 is 0 Å². The van der Waals surface area contributed by atoms with Gasteiger partial charge in [-0.1, -0.05) is 6.07 Å². The van der Waals surface area contributed by atoms with Crippen LogP contribution >= 0.6 is 0 Å². The zero-order valence-electron chi connectivity index (χ0n) is 9.52. The first kappa shape index (κ1) is 11.9. The summed E-state index contributed by atoms with van der Waals surface area (Å²) in [5, 5.41) is 9.47. The van der Waals surface area contributed by atoms with Crippen LogP contribution in [-0.4, -0.2) is 41.2 Å². The maximum absolute atomic E-state index is 12.8. The zero-order valence-corrected chi connectivity index (χ0v) is 9.52. The first-order valence-corrected chi connectivity index (χ1v) is 5.35. The number of β-amino-alcohol motifs (C(OH)–C–C–N with tert-alkyl or cyclic N) is 1. The molecule has 0 radical (unpaired) electrons. The minimum absolute atomic E-state index is 0.139. The lowest BCUT2D eigenvalue weighted by Gasteiger charge is -2.43. The smallest absolute Gasteiger partial charge is 0.260 e. The van der Waals surface area contributed by atoms with Gasteiger partial charge < -0.3 is 14.7 Å². The number of amides is 1. The Morgan fingerprint density at radius 1 is 1.59 bits per heavy atom. The molecule has 2 rings (SSSR count). The number of hydrogen-bond acceptors (Lipinski definition) is 3. The number of aliphatic hydroxyl groups is 1. The average Bonchev–Trinajstić information content (AvgIpc) is 2.22. The SMILES string of the molecule is CC1(O)CN(C(=O)COc2cccc(F)c2)C1. The second-order valence-electron chi connectivity index (χ2n) is 4.49. The summed E-state index contributed by atoms with van der Waals surface area (Å²) >= 11 is 0. The monoisotopic (exact) mass is 239 g/mol. The summed E-state index contributed by atoms with van der Waals surface area (Å²) in [5.41, 5.74) is -0.783. The van der Waals surface area contributed by atoms with E-state index in [1.165, 1.54) is 23.1 Å². The molecule has 4 nitrogen and oxygen atoms in total. The van der Waals surface area contributed by atoms with Crippen molar-refractivity contribution in [3.05, 3.63) is 30.1 Å². The summed E-state index contributed by atoms with van der Waals surface area (Å²) in [7, 11) is 0. The molecule has 0 aliphatic carbocycles. The molecule has 1 N–H and O–H groups in total. The van der Waals surface area contributed by atoms with Crippen LogP contribution in [0.2, 0.25) is 0 Å². The summed E-state index contributed by atoms with van der Waals surface area (Å²) in [6.45, 7) is 2.17. The van der Waals surface area contributed by atoms with Crippen LogP contribution < -0.4 is 4.74 Å². The predicted octanol–water partition coefficient (Wildman–Crippen LogP) is 0.798. The van der Waals surface area contributed by atoms with Crippen molar-refractivity contribution in [3.8, 4) is 5.75 Å². The molecule has 17 heavy (non-hydrogen) atoms. The highest BCUT2D eigenvalue weighted by molar-refractivity contribution is 5.78. The van der Waals surface area contributed by atoms with E-state index in [2.05, 4.69) is 0 Å². The van der Waals surface area contributed by atoms with E-state index in [9.17, 15) is 14.3 Å². The Morgan fingerprint density at radius 3 is 2.88 bits per heavy atom. The van der Waals surface area contributed by atoms with Crippen molar-refractivity contribution in [1.82, 2.24) is 4.90 Å². The Hall–Kier alpha value is -1.62. The number of ether oxygens (including phenoxy) is 1. The Labute approximate surface area is 98.6 Å². The molecule has 1 aromatic rings. The first-order chi connectivity index (χ1) is 7.96. The predicted molar refractivity (Wildman–Crippen MR) is 59.1 cm³/mol. The Kier molecular flexibility index (Phi) is 3.02. The maximum Gasteiger partial charge on any atom is 0.260 e. The Bertz CT molecular complexity index is 426. The number of benzene rings is 1. The van der Waals surface area contributed by atoms with Crippen molar-refractivity contribution in [1.29, 1.82) is 0 Å². The van der Waals surface area contributed by atoms with E-state index in [1.54, 1.807) is 13.0 Å². The lowest BCUT2D eigenvalue weighted by Crippen LogP contribution is -2.62. The molecule has 1 fully saturated rings. The molecule has 0 saturated carbocycles. The van der Waals surface area contributed by atoms with Crippen molar-refractivity contribution in [2.24, 2.45) is 0 Å². The standard InChI is InChI=1S/C12H14FNO3/c1-12(16)7-14(8-12)11(15)6-17-10-4-2-3-9(13)5-10/h2-5,16H,6-8H2,1H3. The highest BCUT2D eigenvalue weighted by Crippen LogP contribution is 2.20. The van der Waals surface area contributed by atoms with Gasteiger partial charge in [0.1, 0.15) is 11.6 Å². The Balaban J connectivity index is 1.81. The number of rotatable bonds is 3. The summed E-state index contributed by atoms with van der Waals surface area (Å²) in [6, 6.07) is 5.63. The van der Waals surface area contributed by atoms with E-state index in [0.717, 1.165) is 0 Å². The van der Waals surface area contributed by atoms with Crippen LogP contribution in [-0.2, 0) is 4.79 Å². The highest BCUT2D eigenvalue weighted by Gasteiger charge is 2.39. The molecule has 0 aromatic heterocycles. The van der Waals surface area contributed by atoms with Crippen LogP contribution in [0.25, 0.3) is 0 Å². The van der Waals surface area contributed by atoms with Crippen molar-refractivity contribution < 1.29 is 19.0 Å². The second-order valence-corrected chi connectivity index (χ2v) is 4.49. The summed E-state index contributed by atoms with van der Waals surface area (Å²) < 4.78 is 18.0. The van der Waals surface area contributed by atoms with E-state index < -0.39 is 11.4 Å². The second kappa shape index (κ2) is 4.33. The minimum Gasteiger partial charge on any atom is -0.484 e. The number of hydrogen-bond donors (Lipinski definition) is 1. The van der Waals surface area contributed by atoms with Crippen LogP contribution in [0.15, 0.2) is 24.3 Å². The number of halogens is 1. The largest absolute Gasteiger partial charge is 0.484 e.